The highest BCUT2D eigenvalue weighted by molar-refractivity contribution is 7.89. The van der Waals surface area contributed by atoms with Gasteiger partial charge in [-0.3, -0.25) is 4.79 Å². The van der Waals surface area contributed by atoms with E-state index in [1.54, 1.807) is 38.4 Å². The number of nitrogens with zero attached hydrogens (tertiary/aromatic N) is 2. The fourth-order valence-electron chi connectivity index (χ4n) is 3.31. The van der Waals surface area contributed by atoms with Crippen molar-refractivity contribution in [1.82, 2.24) is 8.87 Å². The smallest absolute Gasteiger partial charge is 0.272 e. The number of methoxy groups -OCH3 is 1. The van der Waals surface area contributed by atoms with Crippen LogP contribution in [0.1, 0.15) is 30.3 Å². The van der Waals surface area contributed by atoms with Crippen molar-refractivity contribution in [2.24, 2.45) is 13.0 Å². The van der Waals surface area contributed by atoms with Gasteiger partial charge in [0.05, 0.1) is 7.11 Å². The van der Waals surface area contributed by atoms with Crippen molar-refractivity contribution in [2.75, 3.05) is 25.5 Å². The minimum atomic E-state index is -3.60. The Kier molecular flexibility index (Phi) is 5.57. The lowest BCUT2D eigenvalue weighted by Crippen LogP contribution is -2.38. The van der Waals surface area contributed by atoms with Gasteiger partial charge in [0.2, 0.25) is 10.0 Å². The van der Waals surface area contributed by atoms with Crippen molar-refractivity contribution in [3.05, 3.63) is 42.2 Å². The molecule has 1 aromatic heterocycles. The maximum atomic E-state index is 12.9. The van der Waals surface area contributed by atoms with E-state index >= 15 is 0 Å². The number of rotatable bonds is 5. The van der Waals surface area contributed by atoms with E-state index in [0.717, 1.165) is 12.8 Å². The van der Waals surface area contributed by atoms with E-state index in [1.807, 2.05) is 0 Å². The van der Waals surface area contributed by atoms with Crippen LogP contribution < -0.4 is 10.1 Å². The van der Waals surface area contributed by atoms with Crippen LogP contribution in [-0.4, -0.2) is 43.4 Å². The van der Waals surface area contributed by atoms with Crippen LogP contribution in [0.3, 0.4) is 0 Å². The summed E-state index contributed by atoms with van der Waals surface area (Å²) in [5.41, 5.74) is 0.858. The molecule has 0 radical (unpaired) electrons. The van der Waals surface area contributed by atoms with Gasteiger partial charge in [-0.2, -0.15) is 4.31 Å². The first-order valence-corrected chi connectivity index (χ1v) is 10.4. The van der Waals surface area contributed by atoms with Crippen molar-refractivity contribution < 1.29 is 17.9 Å². The summed E-state index contributed by atoms with van der Waals surface area (Å²) in [4.78, 5) is 12.8. The number of carbonyl (C=O) groups excluding carboxylic acids is 1. The molecule has 0 unspecified atom stereocenters. The summed E-state index contributed by atoms with van der Waals surface area (Å²) in [5.74, 6) is 0.592. The lowest BCUT2D eigenvalue weighted by atomic mass is 10.0. The fourth-order valence-corrected chi connectivity index (χ4v) is 4.98. The Hall–Kier alpha value is -2.32. The van der Waals surface area contributed by atoms with Crippen molar-refractivity contribution in [3.8, 4) is 5.75 Å². The van der Waals surface area contributed by atoms with Crippen LogP contribution in [0.15, 0.2) is 41.4 Å². The molecular weight excluding hydrogens is 366 g/mol. The number of sulfonamides is 1. The second-order valence-corrected chi connectivity index (χ2v) is 8.91. The molecule has 0 saturated carbocycles. The van der Waals surface area contributed by atoms with Crippen LogP contribution in [0.4, 0.5) is 5.69 Å². The molecule has 0 spiro atoms. The summed E-state index contributed by atoms with van der Waals surface area (Å²) in [6, 6.07) is 8.43. The maximum absolute atomic E-state index is 12.9. The molecule has 7 nitrogen and oxygen atoms in total. The highest BCUT2D eigenvalue weighted by atomic mass is 32.2. The van der Waals surface area contributed by atoms with E-state index in [-0.39, 0.29) is 16.5 Å². The Morgan fingerprint density at radius 2 is 2.07 bits per heavy atom. The number of piperidine rings is 1. The number of nitrogens with one attached hydrogen (secondary N) is 1. The largest absolute Gasteiger partial charge is 0.497 e. The SMILES string of the molecule is COc1cccc(NC(=O)c2cc(S(=O)(=O)N3CCC[C@H](C)C3)cn2C)c1. The Bertz CT molecular complexity index is 936. The number of amides is 1. The molecule has 2 heterocycles. The molecule has 2 aromatic rings. The highest BCUT2D eigenvalue weighted by Crippen LogP contribution is 2.25. The molecule has 1 atom stereocenters. The van der Waals surface area contributed by atoms with Crippen LogP contribution in [0.25, 0.3) is 0 Å². The third kappa shape index (κ3) is 4.17. The topological polar surface area (TPSA) is 80.6 Å². The lowest BCUT2D eigenvalue weighted by molar-refractivity contribution is 0.101. The Balaban J connectivity index is 1.82. The normalized spacial score (nSPS) is 18.3. The summed E-state index contributed by atoms with van der Waals surface area (Å²) < 4.78 is 34.1. The molecule has 0 bridgehead atoms. The number of carbonyl (C=O) groups is 1. The first-order valence-electron chi connectivity index (χ1n) is 8.93. The Morgan fingerprint density at radius 3 is 2.78 bits per heavy atom. The summed E-state index contributed by atoms with van der Waals surface area (Å²) in [6.07, 6.45) is 3.39. The summed E-state index contributed by atoms with van der Waals surface area (Å²) in [6.45, 7) is 3.09. The van der Waals surface area contributed by atoms with E-state index in [9.17, 15) is 13.2 Å². The predicted octanol–water partition coefficient (Wildman–Crippen LogP) is 2.71. The van der Waals surface area contributed by atoms with Gasteiger partial charge in [0.1, 0.15) is 16.3 Å². The van der Waals surface area contributed by atoms with Gasteiger partial charge in [0.15, 0.2) is 0 Å². The molecule has 1 aliphatic heterocycles. The van der Waals surface area contributed by atoms with E-state index in [1.165, 1.54) is 21.1 Å². The molecular formula is C19H25N3O4S. The number of hydrogen-bond donors (Lipinski definition) is 1. The number of ether oxygens (including phenoxy) is 1. The number of aryl methyl sites for hydroxylation is 1. The average Bonchev–Trinajstić information content (AvgIpc) is 3.04. The summed E-state index contributed by atoms with van der Waals surface area (Å²) in [7, 11) is -0.384. The zero-order chi connectivity index (χ0) is 19.6. The molecule has 1 N–H and O–H groups in total. The lowest BCUT2D eigenvalue weighted by Gasteiger charge is -2.29. The second kappa shape index (κ2) is 7.74. The molecule has 1 saturated heterocycles. The zero-order valence-electron chi connectivity index (χ0n) is 15.8. The van der Waals surface area contributed by atoms with E-state index in [4.69, 9.17) is 4.74 Å². The molecule has 27 heavy (non-hydrogen) atoms. The quantitative estimate of drug-likeness (QED) is 0.850. The van der Waals surface area contributed by atoms with Crippen LogP contribution in [0.5, 0.6) is 5.75 Å². The van der Waals surface area contributed by atoms with Crippen molar-refractivity contribution in [3.63, 3.8) is 0 Å². The molecule has 1 fully saturated rings. The third-order valence-electron chi connectivity index (χ3n) is 4.80. The van der Waals surface area contributed by atoms with Gasteiger partial charge >= 0.3 is 0 Å². The van der Waals surface area contributed by atoms with Crippen molar-refractivity contribution >= 4 is 21.6 Å². The zero-order valence-corrected chi connectivity index (χ0v) is 16.6. The molecule has 3 rings (SSSR count). The molecule has 0 aliphatic carbocycles. The van der Waals surface area contributed by atoms with Gasteiger partial charge < -0.3 is 14.6 Å². The van der Waals surface area contributed by atoms with Gasteiger partial charge in [-0.25, -0.2) is 8.42 Å². The minimum Gasteiger partial charge on any atom is -0.497 e. The van der Waals surface area contributed by atoms with E-state index in [2.05, 4.69) is 12.2 Å². The van der Waals surface area contributed by atoms with E-state index < -0.39 is 10.0 Å². The van der Waals surface area contributed by atoms with Gasteiger partial charge in [-0.15, -0.1) is 0 Å². The first kappa shape index (κ1) is 19.4. The van der Waals surface area contributed by atoms with E-state index in [0.29, 0.717) is 30.4 Å². The number of aromatic nitrogens is 1. The van der Waals surface area contributed by atoms with Crippen LogP contribution in [0, 0.1) is 5.92 Å². The van der Waals surface area contributed by atoms with Gasteiger partial charge in [-0.05, 0) is 37.0 Å². The number of benzene rings is 1. The molecule has 1 amide bonds. The highest BCUT2D eigenvalue weighted by Gasteiger charge is 2.30. The number of hydrogen-bond acceptors (Lipinski definition) is 4. The second-order valence-electron chi connectivity index (χ2n) is 6.97. The van der Waals surface area contributed by atoms with Gasteiger partial charge in [0.25, 0.3) is 5.91 Å². The summed E-state index contributed by atoms with van der Waals surface area (Å²) in [5, 5.41) is 2.78. The Labute approximate surface area is 160 Å². The van der Waals surface area contributed by atoms with Crippen LogP contribution in [-0.2, 0) is 17.1 Å². The third-order valence-corrected chi connectivity index (χ3v) is 6.63. The van der Waals surface area contributed by atoms with Crippen molar-refractivity contribution in [2.45, 2.75) is 24.7 Å². The fraction of sp³-hybridized carbons (Fsp3) is 0.421. The average molecular weight is 391 g/mol. The van der Waals surface area contributed by atoms with Gasteiger partial charge in [0, 0.05) is 38.1 Å². The molecule has 8 heteroatoms. The molecule has 1 aliphatic rings. The summed E-state index contributed by atoms with van der Waals surface area (Å²) >= 11 is 0. The predicted molar refractivity (Wildman–Crippen MR) is 104 cm³/mol. The Morgan fingerprint density at radius 1 is 1.30 bits per heavy atom. The first-order chi connectivity index (χ1) is 12.8. The number of anilines is 1. The monoisotopic (exact) mass is 391 g/mol. The van der Waals surface area contributed by atoms with Crippen LogP contribution >= 0.6 is 0 Å². The van der Waals surface area contributed by atoms with Crippen LogP contribution in [0.2, 0.25) is 0 Å². The van der Waals surface area contributed by atoms with Crippen molar-refractivity contribution in [1.29, 1.82) is 0 Å². The standard InChI is InChI=1S/C19H25N3O4S/c1-14-6-5-9-22(12-14)27(24,25)17-11-18(21(2)13-17)19(23)20-15-7-4-8-16(10-15)26-3/h4,7-8,10-11,13-14H,5-6,9,12H2,1-3H3,(H,20,23)/t14-/m0/s1. The van der Waals surface area contributed by atoms with Gasteiger partial charge in [-0.1, -0.05) is 13.0 Å². The maximum Gasteiger partial charge on any atom is 0.272 e. The molecule has 146 valence electrons. The molecule has 1 aromatic carbocycles. The minimum absolute atomic E-state index is 0.148.